The van der Waals surface area contributed by atoms with Crippen LogP contribution in [0.1, 0.15) is 33.6 Å². The van der Waals surface area contributed by atoms with Crippen molar-refractivity contribution >= 4 is 23.5 Å². The van der Waals surface area contributed by atoms with E-state index < -0.39 is 11.4 Å². The van der Waals surface area contributed by atoms with Crippen LogP contribution in [0.15, 0.2) is 6.20 Å². The zero-order valence-corrected chi connectivity index (χ0v) is 14.4. The minimum atomic E-state index is -0.547. The molecule has 1 aliphatic heterocycles. The fraction of sp³-hybridized carbons (Fsp3) is 0.667. The SMILES string of the molecule is CC(C)(C)OC(=O)N1CCC[C@H](CNc2nc(Cl)ncc2F)C1. The minimum Gasteiger partial charge on any atom is -0.444 e. The van der Waals surface area contributed by atoms with Crippen molar-refractivity contribution in [1.29, 1.82) is 0 Å². The molecule has 6 nitrogen and oxygen atoms in total. The van der Waals surface area contributed by atoms with Crippen LogP contribution in [0.25, 0.3) is 0 Å². The van der Waals surface area contributed by atoms with Crippen LogP contribution >= 0.6 is 11.6 Å². The van der Waals surface area contributed by atoms with Crippen molar-refractivity contribution in [2.75, 3.05) is 25.0 Å². The molecule has 0 aliphatic carbocycles. The van der Waals surface area contributed by atoms with Gasteiger partial charge < -0.3 is 15.0 Å². The lowest BCUT2D eigenvalue weighted by Gasteiger charge is -2.34. The summed E-state index contributed by atoms with van der Waals surface area (Å²) in [5.74, 6) is -0.266. The molecule has 1 N–H and O–H groups in total. The lowest BCUT2D eigenvalue weighted by atomic mass is 9.98. The number of nitrogens with one attached hydrogen (secondary N) is 1. The zero-order chi connectivity index (χ0) is 17.0. The van der Waals surface area contributed by atoms with E-state index in [1.807, 2.05) is 20.8 Å². The van der Waals surface area contributed by atoms with E-state index in [9.17, 15) is 9.18 Å². The molecule has 1 aromatic rings. The molecule has 1 fully saturated rings. The molecule has 2 heterocycles. The molecule has 2 rings (SSSR count). The summed E-state index contributed by atoms with van der Waals surface area (Å²) < 4.78 is 19.0. The maximum absolute atomic E-state index is 13.6. The maximum Gasteiger partial charge on any atom is 0.410 e. The molecule has 8 heteroatoms. The number of rotatable bonds is 3. The van der Waals surface area contributed by atoms with Gasteiger partial charge in [-0.05, 0) is 51.1 Å². The summed E-state index contributed by atoms with van der Waals surface area (Å²) in [6.07, 6.45) is 2.56. The van der Waals surface area contributed by atoms with Crippen molar-refractivity contribution in [2.24, 2.45) is 5.92 Å². The van der Waals surface area contributed by atoms with Gasteiger partial charge in [0.15, 0.2) is 11.6 Å². The predicted molar refractivity (Wildman–Crippen MR) is 86.0 cm³/mol. The number of halogens is 2. The van der Waals surface area contributed by atoms with Crippen LogP contribution < -0.4 is 5.32 Å². The normalized spacial score (nSPS) is 18.7. The Labute approximate surface area is 140 Å². The third-order valence-corrected chi connectivity index (χ3v) is 3.63. The number of hydrogen-bond donors (Lipinski definition) is 1. The Hall–Kier alpha value is -1.63. The van der Waals surface area contributed by atoms with Crippen molar-refractivity contribution < 1.29 is 13.9 Å². The van der Waals surface area contributed by atoms with Crippen LogP contribution in [0, 0.1) is 11.7 Å². The van der Waals surface area contributed by atoms with Crippen LogP contribution in [0.4, 0.5) is 15.0 Å². The second kappa shape index (κ2) is 7.29. The summed E-state index contributed by atoms with van der Waals surface area (Å²) in [4.78, 5) is 21.2. The molecular formula is C15H22ClFN4O2. The average molecular weight is 345 g/mol. The van der Waals surface area contributed by atoms with E-state index in [1.54, 1.807) is 4.90 Å². The largest absolute Gasteiger partial charge is 0.444 e. The first kappa shape index (κ1) is 17.7. The molecule has 1 aromatic heterocycles. The molecule has 0 bridgehead atoms. The monoisotopic (exact) mass is 344 g/mol. The molecule has 0 spiro atoms. The number of ether oxygens (including phenoxy) is 1. The molecule has 0 unspecified atom stereocenters. The summed E-state index contributed by atoms with van der Waals surface area (Å²) >= 11 is 5.67. The van der Waals surface area contributed by atoms with Gasteiger partial charge in [-0.15, -0.1) is 0 Å². The van der Waals surface area contributed by atoms with Gasteiger partial charge in [0.05, 0.1) is 6.20 Å². The van der Waals surface area contributed by atoms with Crippen LogP contribution in [-0.2, 0) is 4.74 Å². The molecule has 0 radical (unpaired) electrons. The molecule has 1 saturated heterocycles. The van der Waals surface area contributed by atoms with Gasteiger partial charge in [0.2, 0.25) is 5.28 Å². The highest BCUT2D eigenvalue weighted by Gasteiger charge is 2.27. The Bertz CT molecular complexity index is 565. The van der Waals surface area contributed by atoms with E-state index in [0.29, 0.717) is 19.6 Å². The highest BCUT2D eigenvalue weighted by Crippen LogP contribution is 2.20. The fourth-order valence-corrected chi connectivity index (χ4v) is 2.57. The number of anilines is 1. The van der Waals surface area contributed by atoms with Crippen LogP contribution in [-0.4, -0.2) is 46.2 Å². The predicted octanol–water partition coefficient (Wildman–Crippen LogP) is 3.33. The van der Waals surface area contributed by atoms with Gasteiger partial charge in [-0.25, -0.2) is 14.2 Å². The number of carbonyl (C=O) groups is 1. The van der Waals surface area contributed by atoms with Gasteiger partial charge in [0.1, 0.15) is 5.60 Å². The van der Waals surface area contributed by atoms with Crippen LogP contribution in [0.3, 0.4) is 0 Å². The van der Waals surface area contributed by atoms with Gasteiger partial charge >= 0.3 is 6.09 Å². The first-order chi connectivity index (χ1) is 10.7. The number of nitrogens with zero attached hydrogens (tertiary/aromatic N) is 3. The van der Waals surface area contributed by atoms with Crippen molar-refractivity contribution in [3.05, 3.63) is 17.3 Å². The number of aromatic nitrogens is 2. The van der Waals surface area contributed by atoms with Gasteiger partial charge in [-0.2, -0.15) is 4.98 Å². The first-order valence-corrected chi connectivity index (χ1v) is 8.02. The Kier molecular flexibility index (Phi) is 5.62. The molecule has 23 heavy (non-hydrogen) atoms. The number of carbonyl (C=O) groups excluding carboxylic acids is 1. The third kappa shape index (κ3) is 5.49. The number of likely N-dealkylation sites (tertiary alicyclic amines) is 1. The van der Waals surface area contributed by atoms with E-state index in [4.69, 9.17) is 16.3 Å². The lowest BCUT2D eigenvalue weighted by molar-refractivity contribution is 0.0172. The Morgan fingerprint density at radius 2 is 2.30 bits per heavy atom. The second-order valence-corrected chi connectivity index (χ2v) is 6.99. The van der Waals surface area contributed by atoms with Crippen molar-refractivity contribution in [3.8, 4) is 0 Å². The van der Waals surface area contributed by atoms with Crippen molar-refractivity contribution in [3.63, 3.8) is 0 Å². The number of amides is 1. The standard InChI is InChI=1S/C15H22ClFN4O2/c1-15(2,3)23-14(22)21-6-4-5-10(9-21)7-18-12-11(17)8-19-13(16)20-12/h8,10H,4-7,9H2,1-3H3,(H,18,19,20)/t10-/m1/s1. The minimum absolute atomic E-state index is 0.00655. The zero-order valence-electron chi connectivity index (χ0n) is 13.6. The van der Waals surface area contributed by atoms with Gasteiger partial charge in [-0.3, -0.25) is 0 Å². The van der Waals surface area contributed by atoms with Crippen LogP contribution in [0.5, 0.6) is 0 Å². The Morgan fingerprint density at radius 1 is 1.57 bits per heavy atom. The Morgan fingerprint density at radius 3 is 3.00 bits per heavy atom. The van der Waals surface area contributed by atoms with Crippen LogP contribution in [0.2, 0.25) is 5.28 Å². The van der Waals surface area contributed by atoms with E-state index in [0.717, 1.165) is 19.0 Å². The highest BCUT2D eigenvalue weighted by molar-refractivity contribution is 6.28. The molecule has 128 valence electrons. The van der Waals surface area contributed by atoms with Crippen molar-refractivity contribution in [2.45, 2.75) is 39.2 Å². The molecule has 1 aliphatic rings. The smallest absolute Gasteiger partial charge is 0.410 e. The van der Waals surface area contributed by atoms with E-state index >= 15 is 0 Å². The number of piperidine rings is 1. The summed E-state index contributed by atoms with van der Waals surface area (Å²) in [5.41, 5.74) is -0.511. The van der Waals surface area contributed by atoms with Crippen molar-refractivity contribution in [1.82, 2.24) is 14.9 Å². The Balaban J connectivity index is 1.89. The van der Waals surface area contributed by atoms with Gasteiger partial charge in [0, 0.05) is 19.6 Å². The first-order valence-electron chi connectivity index (χ1n) is 7.64. The summed E-state index contributed by atoms with van der Waals surface area (Å²) in [6, 6.07) is 0. The third-order valence-electron chi connectivity index (χ3n) is 3.44. The number of hydrogen-bond acceptors (Lipinski definition) is 5. The molecule has 0 saturated carbocycles. The topological polar surface area (TPSA) is 67.3 Å². The maximum atomic E-state index is 13.6. The summed E-state index contributed by atoms with van der Waals surface area (Å²) in [5, 5.41) is 2.94. The van der Waals surface area contributed by atoms with E-state index in [2.05, 4.69) is 15.3 Å². The molecule has 0 aromatic carbocycles. The van der Waals surface area contributed by atoms with E-state index in [-0.39, 0.29) is 23.1 Å². The van der Waals surface area contributed by atoms with E-state index in [1.165, 1.54) is 0 Å². The highest BCUT2D eigenvalue weighted by atomic mass is 35.5. The molecule has 1 amide bonds. The lowest BCUT2D eigenvalue weighted by Crippen LogP contribution is -2.44. The fourth-order valence-electron chi connectivity index (χ4n) is 2.43. The van der Waals surface area contributed by atoms with Gasteiger partial charge in [0.25, 0.3) is 0 Å². The second-order valence-electron chi connectivity index (χ2n) is 6.65. The van der Waals surface area contributed by atoms with Gasteiger partial charge in [-0.1, -0.05) is 0 Å². The average Bonchev–Trinajstić information content (AvgIpc) is 2.47. The summed E-state index contributed by atoms with van der Waals surface area (Å²) in [7, 11) is 0. The molecular weight excluding hydrogens is 323 g/mol. The summed E-state index contributed by atoms with van der Waals surface area (Å²) in [6.45, 7) is 7.28. The quantitative estimate of drug-likeness (QED) is 0.852. The molecule has 1 atom stereocenters.